The number of rotatable bonds is 2. The first kappa shape index (κ1) is 14.4. The molecule has 104 valence electrons. The molecule has 0 spiro atoms. The quantitative estimate of drug-likeness (QED) is 0.783. The summed E-state index contributed by atoms with van der Waals surface area (Å²) in [4.78, 5) is 3.91. The van der Waals surface area contributed by atoms with Gasteiger partial charge in [0.25, 0.3) is 0 Å². The number of nitrogens with zero attached hydrogens (tertiary/aromatic N) is 2. The smallest absolute Gasteiger partial charge is 0.380 e. The Bertz CT molecular complexity index is 330. The van der Waals surface area contributed by atoms with E-state index in [-0.39, 0.29) is 25.9 Å². The van der Waals surface area contributed by atoms with Crippen LogP contribution in [0.3, 0.4) is 0 Å². The van der Waals surface area contributed by atoms with Crippen molar-refractivity contribution in [3.63, 3.8) is 0 Å². The first-order valence-corrected chi connectivity index (χ1v) is 7.14. The number of likely N-dealkylation sites (tertiary alicyclic amines) is 1. The van der Waals surface area contributed by atoms with Crippen molar-refractivity contribution in [1.29, 1.82) is 0 Å². The van der Waals surface area contributed by atoms with E-state index in [1.807, 2.05) is 9.80 Å². The Morgan fingerprint density at radius 3 is 2.33 bits per heavy atom. The van der Waals surface area contributed by atoms with Gasteiger partial charge in [-0.15, -0.1) is 0 Å². The first-order chi connectivity index (χ1) is 8.32. The van der Waals surface area contributed by atoms with Crippen LogP contribution < -0.4 is 0 Å². The van der Waals surface area contributed by atoms with Crippen molar-refractivity contribution in [2.75, 3.05) is 32.1 Å². The lowest BCUT2D eigenvalue weighted by Crippen LogP contribution is -2.54. The van der Waals surface area contributed by atoms with Gasteiger partial charge < -0.3 is 10.0 Å². The molecule has 2 fully saturated rings. The summed E-state index contributed by atoms with van der Waals surface area (Å²) in [7, 11) is 0. The molecule has 0 aromatic carbocycles. The highest BCUT2D eigenvalue weighted by atomic mass is 32.2. The van der Waals surface area contributed by atoms with Crippen molar-refractivity contribution in [1.82, 2.24) is 9.80 Å². The van der Waals surface area contributed by atoms with E-state index in [1.54, 1.807) is 11.8 Å². The molecule has 2 rings (SSSR count). The van der Waals surface area contributed by atoms with Gasteiger partial charge in [0.2, 0.25) is 0 Å². The molecule has 2 aliphatic heterocycles. The fraction of sp³-hybridized carbons (Fsp3) is 0.900. The highest BCUT2D eigenvalue weighted by Crippen LogP contribution is 2.38. The molecule has 0 atom stereocenters. The summed E-state index contributed by atoms with van der Waals surface area (Å²) in [6.45, 7) is 1.92. The van der Waals surface area contributed by atoms with Gasteiger partial charge in [-0.25, -0.2) is 0 Å². The second-order valence-electron chi connectivity index (χ2n) is 4.67. The maximum absolute atomic E-state index is 12.6. The Morgan fingerprint density at radius 2 is 1.89 bits per heavy atom. The van der Waals surface area contributed by atoms with Crippen LogP contribution in [0.2, 0.25) is 0 Å². The predicted molar refractivity (Wildman–Crippen MR) is 68.4 cm³/mol. The highest BCUT2D eigenvalue weighted by Gasteiger charge is 2.54. The fourth-order valence-corrected chi connectivity index (χ4v) is 3.36. The average Bonchev–Trinajstić information content (AvgIpc) is 2.66. The van der Waals surface area contributed by atoms with E-state index >= 15 is 0 Å². The number of thioether (sulfide) groups is 1. The monoisotopic (exact) mass is 300 g/mol. The van der Waals surface area contributed by atoms with Crippen LogP contribution in [0.4, 0.5) is 13.2 Å². The third-order valence-corrected chi connectivity index (χ3v) is 4.93. The van der Waals surface area contributed by atoms with Crippen LogP contribution in [0, 0.1) is 0 Å². The van der Waals surface area contributed by atoms with E-state index in [4.69, 9.17) is 12.2 Å². The summed E-state index contributed by atoms with van der Waals surface area (Å²) in [5.74, 6) is 0.944. The Labute approximate surface area is 113 Å². The van der Waals surface area contributed by atoms with Gasteiger partial charge in [-0.1, -0.05) is 24.0 Å². The van der Waals surface area contributed by atoms with Crippen LogP contribution in [0.25, 0.3) is 0 Å². The van der Waals surface area contributed by atoms with Gasteiger partial charge in [0.15, 0.2) is 5.60 Å². The zero-order chi connectivity index (χ0) is 13.4. The van der Waals surface area contributed by atoms with Gasteiger partial charge in [0.1, 0.15) is 4.32 Å². The maximum atomic E-state index is 12.6. The molecule has 0 saturated carbocycles. The second-order valence-corrected chi connectivity index (χ2v) is 6.40. The molecule has 2 aliphatic rings. The number of hydrogen-bond acceptors (Lipinski definition) is 4. The molecule has 0 aromatic rings. The van der Waals surface area contributed by atoms with Crippen LogP contribution in [0.1, 0.15) is 12.8 Å². The van der Waals surface area contributed by atoms with Crippen molar-refractivity contribution in [2.45, 2.75) is 24.6 Å². The normalized spacial score (nSPS) is 25.8. The maximum Gasteiger partial charge on any atom is 0.417 e. The van der Waals surface area contributed by atoms with Crippen LogP contribution >= 0.6 is 24.0 Å². The average molecular weight is 300 g/mol. The topological polar surface area (TPSA) is 26.7 Å². The van der Waals surface area contributed by atoms with Crippen molar-refractivity contribution < 1.29 is 18.3 Å². The van der Waals surface area contributed by atoms with Gasteiger partial charge in [0, 0.05) is 25.4 Å². The minimum atomic E-state index is -4.53. The summed E-state index contributed by atoms with van der Waals surface area (Å²) >= 11 is 6.75. The van der Waals surface area contributed by atoms with Gasteiger partial charge >= 0.3 is 6.18 Å². The highest BCUT2D eigenvalue weighted by molar-refractivity contribution is 8.23. The van der Waals surface area contributed by atoms with E-state index in [9.17, 15) is 18.3 Å². The first-order valence-electron chi connectivity index (χ1n) is 5.75. The van der Waals surface area contributed by atoms with Gasteiger partial charge in [-0.3, -0.25) is 4.90 Å². The zero-order valence-corrected chi connectivity index (χ0v) is 11.4. The lowest BCUT2D eigenvalue weighted by molar-refractivity contribution is -0.273. The molecule has 0 aliphatic carbocycles. The van der Waals surface area contributed by atoms with E-state index in [2.05, 4.69) is 0 Å². The number of aliphatic hydroxyl groups is 1. The van der Waals surface area contributed by atoms with Crippen LogP contribution in [-0.4, -0.2) is 63.1 Å². The van der Waals surface area contributed by atoms with E-state index in [1.165, 1.54) is 0 Å². The Hall–Kier alpha value is -0.0500. The summed E-state index contributed by atoms with van der Waals surface area (Å²) in [6, 6.07) is 0. The van der Waals surface area contributed by atoms with Crippen molar-refractivity contribution in [3.8, 4) is 0 Å². The van der Waals surface area contributed by atoms with E-state index in [0.29, 0.717) is 6.67 Å². The molecule has 0 amide bonds. The van der Waals surface area contributed by atoms with Gasteiger partial charge in [-0.2, -0.15) is 13.2 Å². The van der Waals surface area contributed by atoms with Crippen LogP contribution in [0.15, 0.2) is 0 Å². The summed E-state index contributed by atoms with van der Waals surface area (Å²) in [5, 5.41) is 9.54. The Balaban J connectivity index is 1.85. The zero-order valence-electron chi connectivity index (χ0n) is 9.74. The lowest BCUT2D eigenvalue weighted by atomic mass is 9.91. The van der Waals surface area contributed by atoms with Crippen molar-refractivity contribution in [2.24, 2.45) is 0 Å². The number of piperidine rings is 1. The van der Waals surface area contributed by atoms with Crippen LogP contribution in [-0.2, 0) is 0 Å². The Kier molecular flexibility index (Phi) is 4.10. The van der Waals surface area contributed by atoms with Crippen LogP contribution in [0.5, 0.6) is 0 Å². The molecule has 0 bridgehead atoms. The molecule has 2 saturated heterocycles. The molecule has 0 unspecified atom stereocenters. The second kappa shape index (κ2) is 5.15. The predicted octanol–water partition coefficient (Wildman–Crippen LogP) is 1.67. The lowest BCUT2D eigenvalue weighted by Gasteiger charge is -2.40. The molecule has 3 nitrogen and oxygen atoms in total. The van der Waals surface area contributed by atoms with Gasteiger partial charge in [0.05, 0.1) is 6.67 Å². The van der Waals surface area contributed by atoms with Crippen molar-refractivity contribution >= 4 is 28.3 Å². The minimum Gasteiger partial charge on any atom is -0.380 e. The van der Waals surface area contributed by atoms with E-state index < -0.39 is 11.8 Å². The van der Waals surface area contributed by atoms with Gasteiger partial charge in [-0.05, 0) is 12.8 Å². The summed E-state index contributed by atoms with van der Waals surface area (Å²) in [5.41, 5.74) is -2.51. The third kappa shape index (κ3) is 2.92. The summed E-state index contributed by atoms with van der Waals surface area (Å²) in [6.07, 6.45) is -5.05. The Morgan fingerprint density at radius 1 is 1.28 bits per heavy atom. The molecule has 2 heterocycles. The van der Waals surface area contributed by atoms with Crippen molar-refractivity contribution in [3.05, 3.63) is 0 Å². The molecule has 0 radical (unpaired) electrons. The molecule has 8 heteroatoms. The number of alkyl halides is 3. The molecule has 0 aromatic heterocycles. The largest absolute Gasteiger partial charge is 0.417 e. The number of thiocarbonyl (C=S) groups is 1. The number of hydrogen-bond donors (Lipinski definition) is 1. The standard InChI is InChI=1S/C10H15F3N2OS2/c11-10(12,13)9(16)1-3-14(4-2-9)7-15-5-6-18-8(15)17/h16H,1-7H2. The number of halogens is 3. The summed E-state index contributed by atoms with van der Waals surface area (Å²) < 4.78 is 38.7. The van der Waals surface area contributed by atoms with E-state index in [0.717, 1.165) is 16.6 Å². The SMILES string of the molecule is OC1(C(F)(F)F)CCN(CN2CCSC2=S)CC1. The third-order valence-electron chi connectivity index (χ3n) is 3.43. The molecular formula is C10H15F3N2OS2. The molecule has 1 N–H and O–H groups in total. The molecule has 18 heavy (non-hydrogen) atoms. The molecular weight excluding hydrogens is 285 g/mol. The fourth-order valence-electron chi connectivity index (χ4n) is 2.14. The minimum absolute atomic E-state index is 0.250.